The van der Waals surface area contributed by atoms with E-state index in [1.165, 1.54) is 0 Å². The number of rotatable bonds is 3. The van der Waals surface area contributed by atoms with Gasteiger partial charge in [0.15, 0.2) is 0 Å². The van der Waals surface area contributed by atoms with Crippen LogP contribution in [0, 0.1) is 6.92 Å². The SMILES string of the molecule is Cc1ccccc1C(=S)Nc1ncccc1C(=O)Cl. The van der Waals surface area contributed by atoms with E-state index in [0.717, 1.165) is 11.1 Å². The topological polar surface area (TPSA) is 42.0 Å². The molecular weight excluding hydrogens is 280 g/mol. The lowest BCUT2D eigenvalue weighted by molar-refractivity contribution is 0.108. The maximum absolute atomic E-state index is 11.3. The van der Waals surface area contributed by atoms with Gasteiger partial charge in [0.1, 0.15) is 10.8 Å². The van der Waals surface area contributed by atoms with Crippen LogP contribution < -0.4 is 5.32 Å². The molecule has 1 N–H and O–H groups in total. The number of benzene rings is 1. The van der Waals surface area contributed by atoms with E-state index in [0.29, 0.717) is 16.4 Å². The van der Waals surface area contributed by atoms with Crippen LogP contribution >= 0.6 is 23.8 Å². The lowest BCUT2D eigenvalue weighted by atomic mass is 10.1. The molecule has 0 saturated heterocycles. The van der Waals surface area contributed by atoms with E-state index < -0.39 is 5.24 Å². The molecule has 3 nitrogen and oxygen atoms in total. The van der Waals surface area contributed by atoms with Crippen molar-refractivity contribution in [2.45, 2.75) is 6.92 Å². The van der Waals surface area contributed by atoms with Crippen LogP contribution in [0.3, 0.4) is 0 Å². The molecule has 0 saturated carbocycles. The second kappa shape index (κ2) is 5.91. The Morgan fingerprint density at radius 1 is 1.21 bits per heavy atom. The third kappa shape index (κ3) is 3.16. The lowest BCUT2D eigenvalue weighted by Crippen LogP contribution is -2.15. The molecule has 2 rings (SSSR count). The number of carbonyl (C=O) groups is 1. The molecule has 96 valence electrons. The summed E-state index contributed by atoms with van der Waals surface area (Å²) in [5, 5.41) is 2.40. The Morgan fingerprint density at radius 3 is 2.58 bits per heavy atom. The van der Waals surface area contributed by atoms with Gasteiger partial charge in [0, 0.05) is 11.8 Å². The van der Waals surface area contributed by atoms with Gasteiger partial charge in [0.2, 0.25) is 0 Å². The molecule has 2 aromatic rings. The van der Waals surface area contributed by atoms with Crippen molar-refractivity contribution in [2.24, 2.45) is 0 Å². The first-order valence-corrected chi connectivity index (χ1v) is 6.40. The summed E-state index contributed by atoms with van der Waals surface area (Å²) in [7, 11) is 0. The number of carbonyl (C=O) groups excluding carboxylic acids is 1. The van der Waals surface area contributed by atoms with Gasteiger partial charge >= 0.3 is 0 Å². The van der Waals surface area contributed by atoms with Gasteiger partial charge in [0.25, 0.3) is 5.24 Å². The second-order valence-corrected chi connectivity index (χ2v) is 4.69. The first-order valence-electron chi connectivity index (χ1n) is 5.61. The zero-order valence-corrected chi connectivity index (χ0v) is 11.8. The van der Waals surface area contributed by atoms with E-state index in [1.54, 1.807) is 18.3 Å². The van der Waals surface area contributed by atoms with Crippen LogP contribution in [0.15, 0.2) is 42.6 Å². The summed E-state index contributed by atoms with van der Waals surface area (Å²) in [5.41, 5.74) is 2.26. The third-order valence-electron chi connectivity index (χ3n) is 2.64. The van der Waals surface area contributed by atoms with Gasteiger partial charge in [-0.05, 0) is 36.2 Å². The average Bonchev–Trinajstić information content (AvgIpc) is 2.39. The van der Waals surface area contributed by atoms with Gasteiger partial charge in [-0.15, -0.1) is 0 Å². The maximum atomic E-state index is 11.3. The molecule has 1 aromatic carbocycles. The van der Waals surface area contributed by atoms with Gasteiger partial charge in [-0.1, -0.05) is 36.5 Å². The Labute approximate surface area is 121 Å². The highest BCUT2D eigenvalue weighted by molar-refractivity contribution is 7.81. The summed E-state index contributed by atoms with van der Waals surface area (Å²) in [6, 6.07) is 11.0. The van der Waals surface area contributed by atoms with Crippen molar-refractivity contribution in [3.63, 3.8) is 0 Å². The fraction of sp³-hybridized carbons (Fsp3) is 0.0714. The Bertz CT molecular complexity index is 643. The molecule has 0 fully saturated rings. The number of anilines is 1. The van der Waals surface area contributed by atoms with Crippen molar-refractivity contribution in [1.82, 2.24) is 4.98 Å². The van der Waals surface area contributed by atoms with Crippen molar-refractivity contribution in [2.75, 3.05) is 5.32 Å². The highest BCUT2D eigenvalue weighted by Crippen LogP contribution is 2.17. The molecule has 0 radical (unpaired) electrons. The average molecular weight is 291 g/mol. The number of hydrogen-bond acceptors (Lipinski definition) is 3. The number of pyridine rings is 1. The van der Waals surface area contributed by atoms with Gasteiger partial charge in [-0.3, -0.25) is 4.79 Å². The van der Waals surface area contributed by atoms with Crippen LogP contribution in [0.2, 0.25) is 0 Å². The number of halogens is 1. The van der Waals surface area contributed by atoms with E-state index in [9.17, 15) is 4.79 Å². The quantitative estimate of drug-likeness (QED) is 0.693. The molecular formula is C14H11ClN2OS. The van der Waals surface area contributed by atoms with Crippen LogP contribution in [0.1, 0.15) is 21.5 Å². The Kier molecular flexibility index (Phi) is 4.24. The van der Waals surface area contributed by atoms with E-state index in [2.05, 4.69) is 10.3 Å². The molecule has 0 aliphatic carbocycles. The molecule has 0 spiro atoms. The van der Waals surface area contributed by atoms with Crippen LogP contribution in [0.25, 0.3) is 0 Å². The van der Waals surface area contributed by atoms with Gasteiger partial charge in [-0.25, -0.2) is 4.98 Å². The zero-order valence-electron chi connectivity index (χ0n) is 10.2. The predicted octanol–water partition coefficient (Wildman–Crippen LogP) is 3.56. The standard InChI is InChI=1S/C14H11ClN2OS/c1-9-5-2-3-6-10(9)14(19)17-13-11(12(15)18)7-4-8-16-13/h2-8H,1H3,(H,16,17,19). The molecule has 1 heterocycles. The molecule has 0 bridgehead atoms. The minimum Gasteiger partial charge on any atom is -0.330 e. The minimum absolute atomic E-state index is 0.306. The molecule has 19 heavy (non-hydrogen) atoms. The van der Waals surface area contributed by atoms with E-state index in [-0.39, 0.29) is 0 Å². The van der Waals surface area contributed by atoms with E-state index >= 15 is 0 Å². The molecule has 0 atom stereocenters. The highest BCUT2D eigenvalue weighted by atomic mass is 35.5. The monoisotopic (exact) mass is 290 g/mol. The molecule has 0 aliphatic heterocycles. The van der Waals surface area contributed by atoms with E-state index in [1.807, 2.05) is 31.2 Å². The Morgan fingerprint density at radius 2 is 1.89 bits per heavy atom. The molecule has 0 amide bonds. The number of thiocarbonyl (C=S) groups is 1. The number of aryl methyl sites for hydroxylation is 1. The lowest BCUT2D eigenvalue weighted by Gasteiger charge is -2.11. The fourth-order valence-electron chi connectivity index (χ4n) is 1.67. The largest absolute Gasteiger partial charge is 0.330 e. The normalized spacial score (nSPS) is 10.0. The molecule has 1 aromatic heterocycles. The predicted molar refractivity (Wildman–Crippen MR) is 80.9 cm³/mol. The summed E-state index contributed by atoms with van der Waals surface area (Å²) >= 11 is 10.8. The van der Waals surface area contributed by atoms with Crippen LogP contribution in [0.4, 0.5) is 5.82 Å². The van der Waals surface area contributed by atoms with Crippen LogP contribution in [-0.4, -0.2) is 15.2 Å². The van der Waals surface area contributed by atoms with Crippen molar-refractivity contribution in [1.29, 1.82) is 0 Å². The molecule has 0 aliphatic rings. The second-order valence-electron chi connectivity index (χ2n) is 3.94. The summed E-state index contributed by atoms with van der Waals surface area (Å²) in [6.07, 6.45) is 1.58. The van der Waals surface area contributed by atoms with Gasteiger partial charge in [0.05, 0.1) is 5.56 Å². The van der Waals surface area contributed by atoms with Crippen LogP contribution in [-0.2, 0) is 0 Å². The first-order chi connectivity index (χ1) is 9.09. The number of nitrogens with zero attached hydrogens (tertiary/aromatic N) is 1. The number of hydrogen-bond donors (Lipinski definition) is 1. The highest BCUT2D eigenvalue weighted by Gasteiger charge is 2.12. The van der Waals surface area contributed by atoms with Crippen molar-refractivity contribution >= 4 is 39.9 Å². The summed E-state index contributed by atoms with van der Waals surface area (Å²) < 4.78 is 0. The summed E-state index contributed by atoms with van der Waals surface area (Å²) in [6.45, 7) is 1.97. The maximum Gasteiger partial charge on any atom is 0.256 e. The number of nitrogens with one attached hydrogen (secondary N) is 1. The smallest absolute Gasteiger partial charge is 0.256 e. The van der Waals surface area contributed by atoms with Crippen molar-refractivity contribution in [3.8, 4) is 0 Å². The third-order valence-corrected chi connectivity index (χ3v) is 3.17. The van der Waals surface area contributed by atoms with Gasteiger partial charge in [-0.2, -0.15) is 0 Å². The van der Waals surface area contributed by atoms with E-state index in [4.69, 9.17) is 23.8 Å². The van der Waals surface area contributed by atoms with Gasteiger partial charge < -0.3 is 5.32 Å². The Balaban J connectivity index is 2.30. The summed E-state index contributed by atoms with van der Waals surface area (Å²) in [4.78, 5) is 15.9. The fourth-order valence-corrected chi connectivity index (χ4v) is 2.14. The first kappa shape index (κ1) is 13.6. The molecule has 5 heteroatoms. The minimum atomic E-state index is -0.566. The van der Waals surface area contributed by atoms with Crippen molar-refractivity contribution < 1.29 is 4.79 Å². The number of aromatic nitrogens is 1. The van der Waals surface area contributed by atoms with Crippen molar-refractivity contribution in [3.05, 3.63) is 59.3 Å². The molecule has 0 unspecified atom stereocenters. The zero-order chi connectivity index (χ0) is 13.8. The van der Waals surface area contributed by atoms with Crippen LogP contribution in [0.5, 0.6) is 0 Å². The summed E-state index contributed by atoms with van der Waals surface area (Å²) in [5.74, 6) is 0.371. The Hall–Kier alpha value is -1.78.